The lowest BCUT2D eigenvalue weighted by atomic mass is 9.95. The monoisotopic (exact) mass is 627 g/mol. The van der Waals surface area contributed by atoms with E-state index in [1.807, 2.05) is 18.2 Å². The van der Waals surface area contributed by atoms with Gasteiger partial charge in [-0.1, -0.05) is 140 Å². The van der Waals surface area contributed by atoms with Gasteiger partial charge in [-0.15, -0.1) is 0 Å². The van der Waals surface area contributed by atoms with Crippen LogP contribution in [0.25, 0.3) is 76.9 Å². The number of furan rings is 2. The molecule has 0 atom stereocenters. The molecule has 10 rings (SSSR count). The third-order valence-electron chi connectivity index (χ3n) is 9.67. The van der Waals surface area contributed by atoms with Crippen LogP contribution in [0.1, 0.15) is 0 Å². The SMILES string of the molecule is c1ccc(-c2ccc(N(c3cccc4c3oc3ccccc34)c3cccc4c3oc3cc(-c5ccccc5)c5ccccc5c34)cc2)cc1. The van der Waals surface area contributed by atoms with Crippen molar-refractivity contribution in [1.29, 1.82) is 0 Å². The molecule has 49 heavy (non-hydrogen) atoms. The number of fused-ring (bicyclic) bond motifs is 8. The average Bonchev–Trinajstić information content (AvgIpc) is 3.75. The van der Waals surface area contributed by atoms with Crippen LogP contribution < -0.4 is 4.90 Å². The maximum Gasteiger partial charge on any atom is 0.159 e. The van der Waals surface area contributed by atoms with Gasteiger partial charge >= 0.3 is 0 Å². The van der Waals surface area contributed by atoms with E-state index in [9.17, 15) is 0 Å². The number of hydrogen-bond acceptors (Lipinski definition) is 3. The van der Waals surface area contributed by atoms with Crippen LogP contribution in [0, 0.1) is 0 Å². The summed E-state index contributed by atoms with van der Waals surface area (Å²) in [4.78, 5) is 2.28. The van der Waals surface area contributed by atoms with Crippen molar-refractivity contribution in [2.24, 2.45) is 0 Å². The van der Waals surface area contributed by atoms with E-state index in [-0.39, 0.29) is 0 Å². The summed E-state index contributed by atoms with van der Waals surface area (Å²) < 4.78 is 13.6. The topological polar surface area (TPSA) is 29.5 Å². The molecule has 3 heteroatoms. The number of anilines is 3. The molecule has 0 fully saturated rings. The van der Waals surface area contributed by atoms with Gasteiger partial charge in [-0.3, -0.25) is 0 Å². The van der Waals surface area contributed by atoms with Gasteiger partial charge in [0.05, 0.1) is 11.4 Å². The van der Waals surface area contributed by atoms with Gasteiger partial charge in [0.1, 0.15) is 11.2 Å². The van der Waals surface area contributed by atoms with Crippen molar-refractivity contribution in [2.45, 2.75) is 0 Å². The molecule has 0 radical (unpaired) electrons. The molecule has 2 heterocycles. The summed E-state index contributed by atoms with van der Waals surface area (Å²) in [5.41, 5.74) is 11.0. The number of nitrogens with zero attached hydrogens (tertiary/aromatic N) is 1. The minimum atomic E-state index is 0.827. The van der Waals surface area contributed by atoms with Crippen molar-refractivity contribution >= 4 is 71.7 Å². The number of hydrogen-bond donors (Lipinski definition) is 0. The second-order valence-corrected chi connectivity index (χ2v) is 12.5. The van der Waals surface area contributed by atoms with Crippen LogP contribution >= 0.6 is 0 Å². The maximum absolute atomic E-state index is 6.97. The first-order chi connectivity index (χ1) is 24.3. The third kappa shape index (κ3) is 4.37. The van der Waals surface area contributed by atoms with E-state index < -0.39 is 0 Å². The lowest BCUT2D eigenvalue weighted by molar-refractivity contribution is 0.666. The van der Waals surface area contributed by atoms with E-state index >= 15 is 0 Å². The molecule has 0 unspecified atom stereocenters. The van der Waals surface area contributed by atoms with E-state index in [4.69, 9.17) is 8.83 Å². The second-order valence-electron chi connectivity index (χ2n) is 12.5. The van der Waals surface area contributed by atoms with Crippen molar-refractivity contribution < 1.29 is 8.83 Å². The highest BCUT2D eigenvalue weighted by atomic mass is 16.3. The van der Waals surface area contributed by atoms with Crippen LogP contribution in [0.4, 0.5) is 17.1 Å². The summed E-state index contributed by atoms with van der Waals surface area (Å²) in [6, 6.07) is 61.8. The fourth-order valence-electron chi connectivity index (χ4n) is 7.43. The van der Waals surface area contributed by atoms with Gasteiger partial charge in [0.25, 0.3) is 0 Å². The predicted octanol–water partition coefficient (Wildman–Crippen LogP) is 13.4. The lowest BCUT2D eigenvalue weighted by Crippen LogP contribution is -2.10. The van der Waals surface area contributed by atoms with Gasteiger partial charge in [-0.2, -0.15) is 0 Å². The zero-order valence-corrected chi connectivity index (χ0v) is 26.5. The number of benzene rings is 8. The van der Waals surface area contributed by atoms with E-state index in [2.05, 4.69) is 163 Å². The molecular formula is C46H29NO2. The summed E-state index contributed by atoms with van der Waals surface area (Å²) in [5, 5.41) is 6.75. The fraction of sp³-hybridized carbons (Fsp3) is 0. The second kappa shape index (κ2) is 11.0. The number of rotatable bonds is 5. The minimum absolute atomic E-state index is 0.827. The molecule has 0 N–H and O–H groups in total. The highest BCUT2D eigenvalue weighted by molar-refractivity contribution is 6.24. The first-order valence-electron chi connectivity index (χ1n) is 16.6. The summed E-state index contributed by atoms with van der Waals surface area (Å²) in [7, 11) is 0. The molecule has 2 aromatic heterocycles. The predicted molar refractivity (Wildman–Crippen MR) is 204 cm³/mol. The zero-order chi connectivity index (χ0) is 32.3. The molecule has 8 aromatic carbocycles. The maximum atomic E-state index is 6.97. The van der Waals surface area contributed by atoms with Crippen LogP contribution in [-0.4, -0.2) is 0 Å². The van der Waals surface area contributed by atoms with Gasteiger partial charge in [0.2, 0.25) is 0 Å². The number of para-hydroxylation sites is 3. The summed E-state index contributed by atoms with van der Waals surface area (Å²) in [5.74, 6) is 0. The summed E-state index contributed by atoms with van der Waals surface area (Å²) in [6.45, 7) is 0. The molecular weight excluding hydrogens is 599 g/mol. The Bertz CT molecular complexity index is 2810. The van der Waals surface area contributed by atoms with E-state index in [0.29, 0.717) is 0 Å². The smallest absolute Gasteiger partial charge is 0.159 e. The van der Waals surface area contributed by atoms with Crippen LogP contribution in [0.5, 0.6) is 0 Å². The van der Waals surface area contributed by atoms with Gasteiger partial charge < -0.3 is 13.7 Å². The molecule has 0 spiro atoms. The van der Waals surface area contributed by atoms with Crippen molar-refractivity contribution in [3.05, 3.63) is 176 Å². The van der Waals surface area contributed by atoms with Crippen LogP contribution in [0.15, 0.2) is 185 Å². The molecule has 0 aliphatic rings. The van der Waals surface area contributed by atoms with Crippen LogP contribution in [-0.2, 0) is 0 Å². The van der Waals surface area contributed by atoms with Crippen molar-refractivity contribution in [2.75, 3.05) is 4.90 Å². The Labute approximate surface area is 282 Å². The Balaban J connectivity index is 1.26. The molecule has 0 aliphatic heterocycles. The quantitative estimate of drug-likeness (QED) is 0.190. The lowest BCUT2D eigenvalue weighted by Gasteiger charge is -2.25. The largest absolute Gasteiger partial charge is 0.454 e. The molecule has 0 saturated carbocycles. The Hall–Kier alpha value is -6.58. The molecule has 10 aromatic rings. The Morgan fingerprint density at radius 3 is 1.61 bits per heavy atom. The van der Waals surface area contributed by atoms with Crippen LogP contribution in [0.3, 0.4) is 0 Å². The van der Waals surface area contributed by atoms with Gasteiger partial charge in [0, 0.05) is 27.2 Å². The van der Waals surface area contributed by atoms with E-state index in [1.54, 1.807) is 0 Å². The highest BCUT2D eigenvalue weighted by Crippen LogP contribution is 2.48. The zero-order valence-electron chi connectivity index (χ0n) is 26.5. The summed E-state index contributed by atoms with van der Waals surface area (Å²) in [6.07, 6.45) is 0. The van der Waals surface area contributed by atoms with E-state index in [0.717, 1.165) is 77.6 Å². The molecule has 0 saturated heterocycles. The molecule has 0 amide bonds. The molecule has 0 bridgehead atoms. The Morgan fingerprint density at radius 1 is 0.347 bits per heavy atom. The normalized spacial score (nSPS) is 11.7. The third-order valence-corrected chi connectivity index (χ3v) is 9.67. The van der Waals surface area contributed by atoms with Gasteiger partial charge in [0.15, 0.2) is 11.2 Å². The van der Waals surface area contributed by atoms with Gasteiger partial charge in [-0.25, -0.2) is 0 Å². The standard InChI is InChI=1S/C46H29NO2/c1-3-13-30(14-4-1)31-25-27-33(28-26-31)47(40-22-11-20-37-35-18-9-10-24-42(35)48-45(37)40)41-23-12-21-38-44-36-19-8-7-17-34(36)39(29-43(44)49-46(38)41)32-15-5-2-6-16-32/h1-29H. The summed E-state index contributed by atoms with van der Waals surface area (Å²) >= 11 is 0. The molecule has 3 nitrogen and oxygen atoms in total. The van der Waals surface area contributed by atoms with Crippen molar-refractivity contribution in [1.82, 2.24) is 0 Å². The Morgan fingerprint density at radius 2 is 0.878 bits per heavy atom. The molecule has 0 aliphatic carbocycles. The Kier molecular flexibility index (Phi) is 6.18. The van der Waals surface area contributed by atoms with Gasteiger partial charge in [-0.05, 0) is 69.4 Å². The average molecular weight is 628 g/mol. The fourth-order valence-corrected chi connectivity index (χ4v) is 7.43. The first-order valence-corrected chi connectivity index (χ1v) is 16.6. The van der Waals surface area contributed by atoms with Crippen LogP contribution in [0.2, 0.25) is 0 Å². The molecule has 230 valence electrons. The van der Waals surface area contributed by atoms with Crippen molar-refractivity contribution in [3.8, 4) is 22.3 Å². The minimum Gasteiger partial charge on any atom is -0.454 e. The van der Waals surface area contributed by atoms with Crippen molar-refractivity contribution in [3.63, 3.8) is 0 Å². The first kappa shape index (κ1) is 27.5. The highest BCUT2D eigenvalue weighted by Gasteiger charge is 2.24. The van der Waals surface area contributed by atoms with E-state index in [1.165, 1.54) is 16.3 Å².